The topological polar surface area (TPSA) is 202 Å². The molecule has 0 atom stereocenters. The number of ether oxygens (including phenoxy) is 2. The summed E-state index contributed by atoms with van der Waals surface area (Å²) < 4.78 is 23.0. The third-order valence-corrected chi connectivity index (χ3v) is 8.40. The van der Waals surface area contributed by atoms with Gasteiger partial charge in [0.2, 0.25) is 0 Å². The first kappa shape index (κ1) is 37.7. The van der Waals surface area contributed by atoms with Crippen LogP contribution in [0, 0.1) is 0 Å². The number of hydrogen-bond donors (Lipinski definition) is 4. The number of hydrogen-bond acceptors (Lipinski definition) is 12. The second kappa shape index (κ2) is 17.2. The maximum Gasteiger partial charge on any atom is 0.488 e. The molecule has 7 aromatic rings. The zero-order chi connectivity index (χ0) is 39.7. The van der Waals surface area contributed by atoms with E-state index in [-0.39, 0.29) is 38.9 Å². The van der Waals surface area contributed by atoms with Gasteiger partial charge in [-0.15, -0.1) is 0 Å². The van der Waals surface area contributed by atoms with Crippen molar-refractivity contribution in [2.24, 2.45) is 10.2 Å². The molecule has 15 heteroatoms. The maximum absolute atomic E-state index is 12.9. The van der Waals surface area contributed by atoms with Crippen LogP contribution in [0.25, 0.3) is 21.9 Å². The van der Waals surface area contributed by atoms with E-state index in [2.05, 4.69) is 21.1 Å². The van der Waals surface area contributed by atoms with Gasteiger partial charge < -0.3 is 28.4 Å². The van der Waals surface area contributed by atoms with Gasteiger partial charge in [-0.3, -0.25) is 19.2 Å². The summed E-state index contributed by atoms with van der Waals surface area (Å²) in [4.78, 5) is 51.3. The van der Waals surface area contributed by atoms with Gasteiger partial charge in [0.05, 0.1) is 23.2 Å². The molecule has 0 radical (unpaired) electrons. The van der Waals surface area contributed by atoms with E-state index < -0.39 is 29.8 Å². The van der Waals surface area contributed by atoms with Crippen LogP contribution in [0.1, 0.15) is 43.4 Å². The van der Waals surface area contributed by atoms with E-state index in [9.17, 15) is 29.2 Å². The van der Waals surface area contributed by atoms with Crippen molar-refractivity contribution < 1.29 is 37.9 Å². The van der Waals surface area contributed by atoms with E-state index in [0.717, 1.165) is 23.3 Å². The molecule has 4 N–H and O–H groups in total. The third-order valence-electron chi connectivity index (χ3n) is 8.40. The second-order valence-electron chi connectivity index (χ2n) is 12.5. The summed E-state index contributed by atoms with van der Waals surface area (Å²) in [6.45, 7) is 0.585. The Morgan fingerprint density at radius 1 is 0.596 bits per heavy atom. The van der Waals surface area contributed by atoms with Crippen LogP contribution in [-0.4, -0.2) is 41.4 Å². The van der Waals surface area contributed by atoms with Crippen molar-refractivity contribution in [1.29, 1.82) is 0 Å². The SMILES string of the molecule is O=C(N/N=C/c1cc(/C=N/NC(=O)c2cc(=O)c3ccc(OCc4ccccc4)cc3o2)cc(B(O)O)c1)c1cc(=O)c2ccc(OCc3ccccc3)cc2o1. The molecule has 0 aliphatic heterocycles. The van der Waals surface area contributed by atoms with Crippen molar-refractivity contribution in [3.63, 3.8) is 0 Å². The Morgan fingerprint density at radius 3 is 1.46 bits per heavy atom. The minimum Gasteiger partial charge on any atom is -0.489 e. The molecule has 5 aromatic carbocycles. The molecule has 0 aliphatic rings. The molecule has 14 nitrogen and oxygen atoms in total. The summed E-state index contributed by atoms with van der Waals surface area (Å²) in [6.07, 6.45) is 2.44. The van der Waals surface area contributed by atoms with Crippen molar-refractivity contribution in [2.45, 2.75) is 13.2 Å². The Hall–Kier alpha value is -7.62. The number of nitrogens with one attached hydrogen (secondary N) is 2. The fourth-order valence-corrected chi connectivity index (χ4v) is 5.60. The van der Waals surface area contributed by atoms with E-state index in [0.29, 0.717) is 35.8 Å². The second-order valence-corrected chi connectivity index (χ2v) is 12.5. The van der Waals surface area contributed by atoms with Gasteiger partial charge in [0.1, 0.15) is 35.9 Å². The fourth-order valence-electron chi connectivity index (χ4n) is 5.60. The molecule has 0 bridgehead atoms. The summed E-state index contributed by atoms with van der Waals surface area (Å²) in [5, 5.41) is 28.1. The van der Waals surface area contributed by atoms with Gasteiger partial charge in [0.25, 0.3) is 0 Å². The Morgan fingerprint density at radius 2 is 1.04 bits per heavy atom. The van der Waals surface area contributed by atoms with Crippen LogP contribution >= 0.6 is 0 Å². The van der Waals surface area contributed by atoms with Crippen LogP contribution in [0.2, 0.25) is 0 Å². The summed E-state index contributed by atoms with van der Waals surface area (Å²) >= 11 is 0. The van der Waals surface area contributed by atoms with Crippen molar-refractivity contribution in [3.8, 4) is 11.5 Å². The van der Waals surface area contributed by atoms with Crippen molar-refractivity contribution in [3.05, 3.63) is 182 Å². The fraction of sp³-hybridized carbons (Fsp3) is 0.0476. The van der Waals surface area contributed by atoms with Gasteiger partial charge in [0.15, 0.2) is 22.4 Å². The average Bonchev–Trinajstić information content (AvgIpc) is 3.22. The molecule has 0 fully saturated rings. The molecule has 2 aromatic heterocycles. The van der Waals surface area contributed by atoms with Crippen LogP contribution in [0.3, 0.4) is 0 Å². The smallest absolute Gasteiger partial charge is 0.488 e. The monoisotopic (exact) mass is 762 g/mol. The van der Waals surface area contributed by atoms with Gasteiger partial charge in [-0.1, -0.05) is 72.8 Å². The van der Waals surface area contributed by atoms with Crippen LogP contribution in [0.15, 0.2) is 156 Å². The lowest BCUT2D eigenvalue weighted by atomic mass is 9.79. The molecular weight excluding hydrogens is 731 g/mol. The maximum atomic E-state index is 12.9. The number of carbonyl (C=O) groups is 2. The third kappa shape index (κ3) is 9.55. The zero-order valence-electron chi connectivity index (χ0n) is 29.8. The highest BCUT2D eigenvalue weighted by molar-refractivity contribution is 6.58. The van der Waals surface area contributed by atoms with Crippen molar-refractivity contribution in [1.82, 2.24) is 10.9 Å². The first-order valence-corrected chi connectivity index (χ1v) is 17.4. The first-order valence-electron chi connectivity index (χ1n) is 17.4. The molecule has 0 saturated carbocycles. The lowest BCUT2D eigenvalue weighted by Crippen LogP contribution is -2.30. The molecule has 2 amide bonds. The number of amides is 2. The number of carbonyl (C=O) groups excluding carboxylic acids is 2. The van der Waals surface area contributed by atoms with Crippen molar-refractivity contribution >= 4 is 58.8 Å². The van der Waals surface area contributed by atoms with Gasteiger partial charge in [-0.25, -0.2) is 10.9 Å². The molecule has 0 unspecified atom stereocenters. The Bertz CT molecular complexity index is 2590. The highest BCUT2D eigenvalue weighted by Gasteiger charge is 2.16. The minimum atomic E-state index is -1.88. The number of hydrazone groups is 2. The predicted octanol–water partition coefficient (Wildman–Crippen LogP) is 4.27. The van der Waals surface area contributed by atoms with Gasteiger partial charge in [0, 0.05) is 24.3 Å². The molecule has 0 aliphatic carbocycles. The van der Waals surface area contributed by atoms with Crippen LogP contribution in [0.5, 0.6) is 11.5 Å². The molecule has 0 spiro atoms. The largest absolute Gasteiger partial charge is 0.489 e. The zero-order valence-corrected chi connectivity index (χ0v) is 29.8. The van der Waals surface area contributed by atoms with E-state index in [1.54, 1.807) is 24.3 Å². The van der Waals surface area contributed by atoms with E-state index in [4.69, 9.17) is 18.3 Å². The predicted molar refractivity (Wildman–Crippen MR) is 213 cm³/mol. The van der Waals surface area contributed by atoms with E-state index in [1.165, 1.54) is 42.8 Å². The lowest BCUT2D eigenvalue weighted by Gasteiger charge is -2.08. The highest BCUT2D eigenvalue weighted by Crippen LogP contribution is 2.22. The van der Waals surface area contributed by atoms with Gasteiger partial charge in [-0.05, 0) is 58.0 Å². The van der Waals surface area contributed by atoms with E-state index >= 15 is 0 Å². The quantitative estimate of drug-likeness (QED) is 0.0747. The molecule has 0 saturated heterocycles. The molecule has 2 heterocycles. The highest BCUT2D eigenvalue weighted by atomic mass is 16.5. The summed E-state index contributed by atoms with van der Waals surface area (Å²) in [5.41, 5.74) is 6.53. The number of rotatable bonds is 13. The Balaban J connectivity index is 1.01. The van der Waals surface area contributed by atoms with Crippen LogP contribution in [0.4, 0.5) is 0 Å². The molecule has 7 rings (SSSR count). The van der Waals surface area contributed by atoms with E-state index in [1.807, 2.05) is 60.7 Å². The first-order chi connectivity index (χ1) is 27.7. The van der Waals surface area contributed by atoms with Crippen LogP contribution < -0.4 is 36.6 Å². The van der Waals surface area contributed by atoms with Crippen LogP contribution in [-0.2, 0) is 13.2 Å². The molecule has 282 valence electrons. The Kier molecular flexibility index (Phi) is 11.4. The molecule has 57 heavy (non-hydrogen) atoms. The number of benzene rings is 5. The minimum absolute atomic E-state index is 0.0506. The lowest BCUT2D eigenvalue weighted by molar-refractivity contribution is 0.0921. The summed E-state index contributed by atoms with van der Waals surface area (Å²) in [7, 11) is -1.88. The Labute approximate surface area is 323 Å². The van der Waals surface area contributed by atoms with Crippen molar-refractivity contribution in [2.75, 3.05) is 0 Å². The summed E-state index contributed by atoms with van der Waals surface area (Å²) in [5.74, 6) is -1.36. The van der Waals surface area contributed by atoms with Gasteiger partial charge >= 0.3 is 18.9 Å². The standard InChI is InChI=1S/C42H31BN4O10/c48-35-20-39(56-37-18-31(11-13-33(35)37)54-24-26-7-3-1-4-8-26)41(50)46-44-22-28-15-29(17-30(16-28)43(52)53)23-45-47-42(51)40-21-36(49)34-14-12-32(19-38(34)57-40)55-25-27-9-5-2-6-10-27/h1-23,52-53H,24-25H2,(H,46,50)(H,47,51)/b44-22+,45-23+. The summed E-state index contributed by atoms with van der Waals surface area (Å²) in [6, 6.07) is 34.9. The normalized spacial score (nSPS) is 11.3. The van der Waals surface area contributed by atoms with Gasteiger partial charge in [-0.2, -0.15) is 10.2 Å². The average molecular weight is 763 g/mol. The molecular formula is C42H31BN4O10. The number of nitrogens with zero attached hydrogens (tertiary/aromatic N) is 2. The number of fused-ring (bicyclic) bond motifs is 2.